The first kappa shape index (κ1) is 13.8. The minimum absolute atomic E-state index is 0.0790. The molecule has 21 heavy (non-hydrogen) atoms. The van der Waals surface area contributed by atoms with Crippen molar-refractivity contribution in [2.24, 2.45) is 5.92 Å². The monoisotopic (exact) mass is 298 g/mol. The van der Waals surface area contributed by atoms with Crippen LogP contribution in [0.15, 0.2) is 18.2 Å². The molecule has 1 atom stereocenters. The molecule has 5 nitrogen and oxygen atoms in total. The second-order valence-electron chi connectivity index (χ2n) is 5.16. The third-order valence-electron chi connectivity index (χ3n) is 3.73. The predicted molar refractivity (Wildman–Crippen MR) is 68.6 cm³/mol. The van der Waals surface area contributed by atoms with E-state index in [9.17, 15) is 18.0 Å². The average Bonchev–Trinajstić information content (AvgIpc) is 2.93. The first-order valence-corrected chi connectivity index (χ1v) is 6.61. The predicted octanol–water partition coefficient (Wildman–Crippen LogP) is 2.37. The molecule has 1 aliphatic heterocycles. The number of carbonyl (C=O) groups excluding carboxylic acids is 1. The fourth-order valence-corrected chi connectivity index (χ4v) is 2.58. The average molecular weight is 298 g/mol. The summed E-state index contributed by atoms with van der Waals surface area (Å²) in [5, 5.41) is 10.2. The van der Waals surface area contributed by atoms with Crippen LogP contribution in [0.2, 0.25) is 0 Å². The Labute approximate surface area is 118 Å². The molecule has 1 unspecified atom stereocenters. The Bertz CT molecular complexity index is 667. The summed E-state index contributed by atoms with van der Waals surface area (Å²) in [6.45, 7) is 0.0709. The van der Waals surface area contributed by atoms with Gasteiger partial charge in [-0.2, -0.15) is 28.6 Å². The molecule has 2 heterocycles. The van der Waals surface area contributed by atoms with Gasteiger partial charge in [0, 0.05) is 18.7 Å². The Hall–Kier alpha value is -2.12. The van der Waals surface area contributed by atoms with Crippen molar-refractivity contribution in [3.05, 3.63) is 23.8 Å². The van der Waals surface area contributed by atoms with Gasteiger partial charge < -0.3 is 4.90 Å². The van der Waals surface area contributed by atoms with Gasteiger partial charge in [-0.05, 0) is 31.0 Å². The Morgan fingerprint density at radius 3 is 2.81 bits per heavy atom. The molecular formula is C13H13F3N4O. The minimum atomic E-state index is -4.25. The number of aromatic nitrogens is 3. The molecule has 0 spiro atoms. The summed E-state index contributed by atoms with van der Waals surface area (Å²) < 4.78 is 38.4. The van der Waals surface area contributed by atoms with Gasteiger partial charge in [0.05, 0.1) is 5.92 Å². The van der Waals surface area contributed by atoms with Crippen molar-refractivity contribution in [1.82, 2.24) is 20.3 Å². The second kappa shape index (κ2) is 5.01. The van der Waals surface area contributed by atoms with Gasteiger partial charge in [0.1, 0.15) is 11.0 Å². The number of fused-ring (bicyclic) bond motifs is 1. The second-order valence-corrected chi connectivity index (χ2v) is 5.16. The molecule has 2 aromatic rings. The number of hydrogen-bond donors (Lipinski definition) is 1. The lowest BCUT2D eigenvalue weighted by molar-refractivity contribution is -0.184. The van der Waals surface area contributed by atoms with Crippen LogP contribution in [-0.2, 0) is 0 Å². The number of H-pyrrole nitrogens is 1. The Morgan fingerprint density at radius 2 is 2.05 bits per heavy atom. The number of likely N-dealkylation sites (tertiary alicyclic amines) is 1. The summed E-state index contributed by atoms with van der Waals surface area (Å²) in [6.07, 6.45) is -3.81. The maximum absolute atomic E-state index is 12.8. The van der Waals surface area contributed by atoms with E-state index in [-0.39, 0.29) is 13.0 Å². The Morgan fingerprint density at radius 1 is 1.29 bits per heavy atom. The van der Waals surface area contributed by atoms with Crippen LogP contribution in [0.5, 0.6) is 0 Å². The number of rotatable bonds is 1. The summed E-state index contributed by atoms with van der Waals surface area (Å²) >= 11 is 0. The van der Waals surface area contributed by atoms with E-state index in [1.807, 2.05) is 0 Å². The van der Waals surface area contributed by atoms with Gasteiger partial charge in [0.2, 0.25) is 0 Å². The minimum Gasteiger partial charge on any atom is -0.338 e. The third-order valence-corrected chi connectivity index (χ3v) is 3.73. The van der Waals surface area contributed by atoms with Crippen molar-refractivity contribution in [2.75, 3.05) is 13.1 Å². The SMILES string of the molecule is O=C(c1ccc2n[nH]nc2c1)N1CCCC(C(F)(F)F)C1. The number of aromatic amines is 1. The summed E-state index contributed by atoms with van der Waals surface area (Å²) in [5.74, 6) is -1.83. The normalized spacial score (nSPS) is 20.0. The molecule has 0 radical (unpaired) electrons. The van der Waals surface area contributed by atoms with Gasteiger partial charge in [0.15, 0.2) is 0 Å². The van der Waals surface area contributed by atoms with Crippen LogP contribution in [0.1, 0.15) is 23.2 Å². The largest absolute Gasteiger partial charge is 0.393 e. The van der Waals surface area contributed by atoms with Crippen molar-refractivity contribution < 1.29 is 18.0 Å². The number of nitrogens with zero attached hydrogens (tertiary/aromatic N) is 3. The van der Waals surface area contributed by atoms with Crippen molar-refractivity contribution in [2.45, 2.75) is 19.0 Å². The highest BCUT2D eigenvalue weighted by Crippen LogP contribution is 2.33. The highest BCUT2D eigenvalue weighted by atomic mass is 19.4. The van der Waals surface area contributed by atoms with Gasteiger partial charge >= 0.3 is 6.18 Å². The summed E-state index contributed by atoms with van der Waals surface area (Å²) in [5.41, 5.74) is 1.46. The molecular weight excluding hydrogens is 285 g/mol. The summed E-state index contributed by atoms with van der Waals surface area (Å²) in [6, 6.07) is 4.72. The number of hydrogen-bond acceptors (Lipinski definition) is 3. The molecule has 1 aliphatic rings. The molecule has 8 heteroatoms. The quantitative estimate of drug-likeness (QED) is 0.879. The number of amides is 1. The number of halogens is 3. The van der Waals surface area contributed by atoms with Crippen LogP contribution in [-0.4, -0.2) is 45.5 Å². The fourth-order valence-electron chi connectivity index (χ4n) is 2.58. The number of nitrogens with one attached hydrogen (secondary N) is 1. The van der Waals surface area contributed by atoms with Crippen LogP contribution in [0.4, 0.5) is 13.2 Å². The number of carbonyl (C=O) groups is 1. The topological polar surface area (TPSA) is 61.9 Å². The summed E-state index contributed by atoms with van der Waals surface area (Å²) in [4.78, 5) is 13.6. The highest BCUT2D eigenvalue weighted by Gasteiger charge is 2.42. The third kappa shape index (κ3) is 2.70. The maximum atomic E-state index is 12.8. The number of alkyl halides is 3. The molecule has 1 amide bonds. The first-order chi connectivity index (χ1) is 9.95. The first-order valence-electron chi connectivity index (χ1n) is 6.61. The van der Waals surface area contributed by atoms with E-state index in [0.717, 1.165) is 0 Å². The van der Waals surface area contributed by atoms with Gasteiger partial charge in [0.25, 0.3) is 5.91 Å². The summed E-state index contributed by atoms with van der Waals surface area (Å²) in [7, 11) is 0. The van der Waals surface area contributed by atoms with Crippen molar-refractivity contribution in [3.63, 3.8) is 0 Å². The Balaban J connectivity index is 1.80. The molecule has 1 fully saturated rings. The van der Waals surface area contributed by atoms with Crippen LogP contribution in [0.25, 0.3) is 11.0 Å². The van der Waals surface area contributed by atoms with Gasteiger partial charge in [-0.1, -0.05) is 0 Å². The molecule has 0 bridgehead atoms. The molecule has 1 N–H and O–H groups in total. The number of piperidine rings is 1. The number of benzene rings is 1. The van der Waals surface area contributed by atoms with E-state index in [0.29, 0.717) is 29.6 Å². The fraction of sp³-hybridized carbons (Fsp3) is 0.462. The maximum Gasteiger partial charge on any atom is 0.393 e. The molecule has 1 aromatic carbocycles. The van der Waals surface area contributed by atoms with E-state index in [1.54, 1.807) is 18.2 Å². The molecule has 112 valence electrons. The smallest absolute Gasteiger partial charge is 0.338 e. The van der Waals surface area contributed by atoms with E-state index in [2.05, 4.69) is 15.4 Å². The van der Waals surface area contributed by atoms with Crippen molar-refractivity contribution >= 4 is 16.9 Å². The zero-order chi connectivity index (χ0) is 15.0. The lowest BCUT2D eigenvalue weighted by Gasteiger charge is -2.33. The van der Waals surface area contributed by atoms with E-state index in [1.165, 1.54) is 4.90 Å². The van der Waals surface area contributed by atoms with E-state index in [4.69, 9.17) is 0 Å². The molecule has 1 aromatic heterocycles. The van der Waals surface area contributed by atoms with Crippen LogP contribution in [0.3, 0.4) is 0 Å². The van der Waals surface area contributed by atoms with Crippen LogP contribution in [0, 0.1) is 5.92 Å². The van der Waals surface area contributed by atoms with Crippen LogP contribution < -0.4 is 0 Å². The van der Waals surface area contributed by atoms with E-state index < -0.39 is 18.0 Å². The van der Waals surface area contributed by atoms with Gasteiger partial charge in [-0.25, -0.2) is 0 Å². The highest BCUT2D eigenvalue weighted by molar-refractivity contribution is 5.97. The standard InChI is InChI=1S/C13H13F3N4O/c14-13(15,16)9-2-1-5-20(7-9)12(21)8-3-4-10-11(6-8)18-19-17-10/h3-4,6,9H,1-2,5,7H2,(H,17,18,19). The lowest BCUT2D eigenvalue weighted by atomic mass is 9.97. The zero-order valence-electron chi connectivity index (χ0n) is 11.0. The molecule has 0 aliphatic carbocycles. The van der Waals surface area contributed by atoms with Crippen LogP contribution >= 0.6 is 0 Å². The van der Waals surface area contributed by atoms with Gasteiger partial charge in [-0.3, -0.25) is 4.79 Å². The van der Waals surface area contributed by atoms with E-state index >= 15 is 0 Å². The Kier molecular flexibility index (Phi) is 3.30. The van der Waals surface area contributed by atoms with Gasteiger partial charge in [-0.15, -0.1) is 0 Å². The lowest BCUT2D eigenvalue weighted by Crippen LogP contribution is -2.44. The van der Waals surface area contributed by atoms with Crippen molar-refractivity contribution in [1.29, 1.82) is 0 Å². The zero-order valence-corrected chi connectivity index (χ0v) is 11.0. The van der Waals surface area contributed by atoms with Crippen molar-refractivity contribution in [3.8, 4) is 0 Å². The molecule has 1 saturated heterocycles. The molecule has 3 rings (SSSR count). The molecule has 0 saturated carbocycles.